The molecule has 0 bridgehead atoms. The summed E-state index contributed by atoms with van der Waals surface area (Å²) in [5, 5.41) is 0.731. The molecule has 0 radical (unpaired) electrons. The molecule has 120 valence electrons. The van der Waals surface area contributed by atoms with Gasteiger partial charge in [-0.25, -0.2) is 12.7 Å². The van der Waals surface area contributed by atoms with Crippen molar-refractivity contribution in [3.8, 4) is 11.1 Å². The Morgan fingerprint density at radius 3 is 2.70 bits per heavy atom. The van der Waals surface area contributed by atoms with Gasteiger partial charge < -0.3 is 9.55 Å². The molecule has 0 unspecified atom stereocenters. The van der Waals surface area contributed by atoms with Crippen LogP contribution in [0.4, 0.5) is 0 Å². The smallest absolute Gasteiger partial charge is 0.274 e. The molecule has 0 aliphatic carbocycles. The minimum Gasteiger partial charge on any atom is -0.357 e. The number of H-pyrrole nitrogens is 1. The highest BCUT2D eigenvalue weighted by Gasteiger charge is 2.19. The number of rotatable bonds is 3. The molecule has 0 saturated heterocycles. The van der Waals surface area contributed by atoms with Gasteiger partial charge in [0.25, 0.3) is 5.56 Å². The minimum atomic E-state index is -3.57. The predicted octanol–water partition coefficient (Wildman–Crippen LogP) is 1.18. The fraction of sp³-hybridized carbons (Fsp3) is 0.200. The number of hydrogen-bond acceptors (Lipinski definition) is 4. The molecule has 0 saturated carbocycles. The number of nitrogens with zero attached hydrogens (tertiary/aromatic N) is 3. The Kier molecular flexibility index (Phi) is 3.57. The first-order valence-corrected chi connectivity index (χ1v) is 8.31. The van der Waals surface area contributed by atoms with Gasteiger partial charge in [0, 0.05) is 62.4 Å². The second kappa shape index (κ2) is 5.32. The van der Waals surface area contributed by atoms with Crippen LogP contribution in [0.2, 0.25) is 0 Å². The third-order valence-electron chi connectivity index (χ3n) is 3.70. The quantitative estimate of drug-likeness (QED) is 0.780. The van der Waals surface area contributed by atoms with Gasteiger partial charge in [0.2, 0.25) is 10.0 Å². The van der Waals surface area contributed by atoms with Crippen molar-refractivity contribution < 1.29 is 8.42 Å². The molecule has 0 spiro atoms. The van der Waals surface area contributed by atoms with E-state index in [-0.39, 0.29) is 10.5 Å². The first-order chi connectivity index (χ1) is 10.8. The van der Waals surface area contributed by atoms with E-state index in [0.717, 1.165) is 15.3 Å². The fourth-order valence-electron chi connectivity index (χ4n) is 2.42. The standard InChI is InChI=1S/C15H16N4O3S/c1-18(2)23(21,22)11-6-10(7-16-8-11)13-9-19(3)15(20)14-12(13)4-5-17-14/h4-9,17H,1-3H3. The zero-order valence-electron chi connectivity index (χ0n) is 12.9. The van der Waals surface area contributed by atoms with E-state index in [9.17, 15) is 13.2 Å². The molecule has 0 fully saturated rings. The maximum absolute atomic E-state index is 12.3. The van der Waals surface area contributed by atoms with Gasteiger partial charge in [-0.3, -0.25) is 9.78 Å². The Bertz CT molecular complexity index is 1050. The number of pyridine rings is 2. The topological polar surface area (TPSA) is 88.1 Å². The maximum atomic E-state index is 12.3. The van der Waals surface area contributed by atoms with Gasteiger partial charge in [0.1, 0.15) is 10.4 Å². The molecular formula is C15H16N4O3S. The average molecular weight is 332 g/mol. The van der Waals surface area contributed by atoms with Crippen LogP contribution < -0.4 is 5.56 Å². The molecule has 3 heterocycles. The highest BCUT2D eigenvalue weighted by atomic mass is 32.2. The largest absolute Gasteiger partial charge is 0.357 e. The second-order valence-corrected chi connectivity index (χ2v) is 7.57. The summed E-state index contributed by atoms with van der Waals surface area (Å²) in [6.07, 6.45) is 6.26. The lowest BCUT2D eigenvalue weighted by Crippen LogP contribution is -2.22. The molecule has 23 heavy (non-hydrogen) atoms. The number of fused-ring (bicyclic) bond motifs is 1. The Hall–Kier alpha value is -2.45. The molecule has 0 amide bonds. The van der Waals surface area contributed by atoms with Crippen LogP contribution in [0.25, 0.3) is 22.0 Å². The van der Waals surface area contributed by atoms with E-state index in [1.165, 1.54) is 24.9 Å². The average Bonchev–Trinajstić information content (AvgIpc) is 3.00. The molecule has 0 aromatic carbocycles. The SMILES string of the molecule is CN(C)S(=O)(=O)c1cncc(-c2cn(C)c(=O)c3[nH]ccc23)c1. The zero-order valence-corrected chi connectivity index (χ0v) is 13.8. The summed E-state index contributed by atoms with van der Waals surface area (Å²) in [5.74, 6) is 0. The lowest BCUT2D eigenvalue weighted by molar-refractivity contribution is 0.520. The number of aryl methyl sites for hydroxylation is 1. The summed E-state index contributed by atoms with van der Waals surface area (Å²) in [5.41, 5.74) is 1.71. The Labute approximate surface area is 133 Å². The second-order valence-electron chi connectivity index (χ2n) is 5.42. The van der Waals surface area contributed by atoms with E-state index < -0.39 is 10.0 Å². The third-order valence-corrected chi connectivity index (χ3v) is 5.48. The van der Waals surface area contributed by atoms with Crippen molar-refractivity contribution in [2.75, 3.05) is 14.1 Å². The molecule has 8 heteroatoms. The van der Waals surface area contributed by atoms with Crippen molar-refractivity contribution in [2.45, 2.75) is 4.90 Å². The Morgan fingerprint density at radius 2 is 2.00 bits per heavy atom. The fourth-order valence-corrected chi connectivity index (χ4v) is 3.31. The van der Waals surface area contributed by atoms with Gasteiger partial charge >= 0.3 is 0 Å². The third kappa shape index (κ3) is 2.45. The van der Waals surface area contributed by atoms with Crippen molar-refractivity contribution in [2.24, 2.45) is 7.05 Å². The summed E-state index contributed by atoms with van der Waals surface area (Å²) in [4.78, 5) is 19.2. The summed E-state index contributed by atoms with van der Waals surface area (Å²) in [6.45, 7) is 0. The monoisotopic (exact) mass is 332 g/mol. The molecule has 0 aliphatic heterocycles. The predicted molar refractivity (Wildman–Crippen MR) is 87.6 cm³/mol. The van der Waals surface area contributed by atoms with E-state index in [1.807, 2.05) is 0 Å². The lowest BCUT2D eigenvalue weighted by Gasteiger charge is -2.12. The van der Waals surface area contributed by atoms with Crippen LogP contribution >= 0.6 is 0 Å². The summed E-state index contributed by atoms with van der Waals surface area (Å²) in [6, 6.07) is 3.35. The van der Waals surface area contributed by atoms with Crippen LogP contribution in [-0.2, 0) is 17.1 Å². The summed E-state index contributed by atoms with van der Waals surface area (Å²) in [7, 11) is 1.02. The zero-order chi connectivity index (χ0) is 16.8. The molecule has 1 N–H and O–H groups in total. The number of hydrogen-bond donors (Lipinski definition) is 1. The van der Waals surface area contributed by atoms with Crippen LogP contribution in [0.5, 0.6) is 0 Å². The first-order valence-electron chi connectivity index (χ1n) is 6.87. The molecule has 3 aromatic heterocycles. The van der Waals surface area contributed by atoms with Crippen LogP contribution in [0, 0.1) is 0 Å². The van der Waals surface area contributed by atoms with Crippen molar-refractivity contribution >= 4 is 20.9 Å². The van der Waals surface area contributed by atoms with Crippen LogP contribution in [0.3, 0.4) is 0 Å². The van der Waals surface area contributed by atoms with Gasteiger partial charge in [-0.15, -0.1) is 0 Å². The first kappa shape index (κ1) is 15.4. The van der Waals surface area contributed by atoms with Crippen molar-refractivity contribution in [1.29, 1.82) is 0 Å². The molecule has 7 nitrogen and oxygen atoms in total. The van der Waals surface area contributed by atoms with E-state index in [2.05, 4.69) is 9.97 Å². The summed E-state index contributed by atoms with van der Waals surface area (Å²) >= 11 is 0. The van der Waals surface area contributed by atoms with Gasteiger partial charge in [-0.2, -0.15) is 0 Å². The van der Waals surface area contributed by atoms with E-state index in [0.29, 0.717) is 11.1 Å². The Morgan fingerprint density at radius 1 is 1.26 bits per heavy atom. The van der Waals surface area contributed by atoms with Crippen molar-refractivity contribution in [3.05, 3.63) is 47.3 Å². The number of aromatic amines is 1. The highest BCUT2D eigenvalue weighted by molar-refractivity contribution is 7.89. The highest BCUT2D eigenvalue weighted by Crippen LogP contribution is 2.27. The van der Waals surface area contributed by atoms with Crippen molar-refractivity contribution in [1.82, 2.24) is 18.8 Å². The van der Waals surface area contributed by atoms with E-state index in [4.69, 9.17) is 0 Å². The molecule has 0 aliphatic rings. The molecule has 3 rings (SSSR count). The molecule has 0 atom stereocenters. The molecule has 3 aromatic rings. The molecular weight excluding hydrogens is 316 g/mol. The van der Waals surface area contributed by atoms with E-state index in [1.54, 1.807) is 37.8 Å². The van der Waals surface area contributed by atoms with Crippen LogP contribution in [0.1, 0.15) is 0 Å². The van der Waals surface area contributed by atoms with E-state index >= 15 is 0 Å². The van der Waals surface area contributed by atoms with Gasteiger partial charge in [-0.05, 0) is 12.1 Å². The number of nitrogens with one attached hydrogen (secondary N) is 1. The normalized spacial score (nSPS) is 12.2. The van der Waals surface area contributed by atoms with Crippen molar-refractivity contribution in [3.63, 3.8) is 0 Å². The summed E-state index contributed by atoms with van der Waals surface area (Å²) < 4.78 is 27.1. The van der Waals surface area contributed by atoms with Gasteiger partial charge in [-0.1, -0.05) is 0 Å². The minimum absolute atomic E-state index is 0.109. The number of sulfonamides is 1. The van der Waals surface area contributed by atoms with Crippen LogP contribution in [-0.4, -0.2) is 41.4 Å². The van der Waals surface area contributed by atoms with Crippen LogP contribution in [0.15, 0.2) is 46.6 Å². The maximum Gasteiger partial charge on any atom is 0.274 e. The van der Waals surface area contributed by atoms with Gasteiger partial charge in [0.15, 0.2) is 0 Å². The Balaban J connectivity index is 2.27. The van der Waals surface area contributed by atoms with Gasteiger partial charge in [0.05, 0.1) is 0 Å². The lowest BCUT2D eigenvalue weighted by atomic mass is 10.1. The number of aromatic nitrogens is 3.